The van der Waals surface area contributed by atoms with Crippen molar-refractivity contribution in [2.24, 2.45) is 0 Å². The molecular formula is C14H21ClFNO. The van der Waals surface area contributed by atoms with Gasteiger partial charge in [0.2, 0.25) is 0 Å². The predicted molar refractivity (Wildman–Crippen MR) is 73.7 cm³/mol. The van der Waals surface area contributed by atoms with Gasteiger partial charge in [0.05, 0.1) is 11.1 Å². The average Bonchev–Trinajstić information content (AvgIpc) is 2.33. The van der Waals surface area contributed by atoms with Gasteiger partial charge in [0.1, 0.15) is 5.82 Å². The van der Waals surface area contributed by atoms with E-state index in [1.54, 1.807) is 6.07 Å². The standard InChI is InChI=1S/C14H21ClFNO/c1-4-17-14(10(3)18-5-2)9-11-6-7-12(15)13(16)8-11/h6-8,10,14,17H,4-5,9H2,1-3H3. The Bertz CT molecular complexity index is 373. The molecule has 0 aliphatic rings. The molecule has 0 saturated heterocycles. The molecule has 0 heterocycles. The molecule has 1 N–H and O–H groups in total. The summed E-state index contributed by atoms with van der Waals surface area (Å²) in [5.74, 6) is -0.367. The third-order valence-electron chi connectivity index (χ3n) is 2.90. The molecule has 102 valence electrons. The Balaban J connectivity index is 2.72. The Hall–Kier alpha value is -0.640. The number of ether oxygens (including phenoxy) is 1. The van der Waals surface area contributed by atoms with E-state index in [0.29, 0.717) is 6.61 Å². The molecule has 18 heavy (non-hydrogen) atoms. The maximum absolute atomic E-state index is 13.4. The number of likely N-dealkylation sites (N-methyl/N-ethyl adjacent to an activating group) is 1. The van der Waals surface area contributed by atoms with E-state index >= 15 is 0 Å². The Labute approximate surface area is 113 Å². The first kappa shape index (κ1) is 15.4. The van der Waals surface area contributed by atoms with E-state index in [0.717, 1.165) is 18.5 Å². The second-order valence-electron chi connectivity index (χ2n) is 4.28. The summed E-state index contributed by atoms with van der Waals surface area (Å²) < 4.78 is 19.0. The van der Waals surface area contributed by atoms with Crippen LogP contribution in [0.5, 0.6) is 0 Å². The summed E-state index contributed by atoms with van der Waals surface area (Å²) in [5, 5.41) is 3.53. The summed E-state index contributed by atoms with van der Waals surface area (Å²) >= 11 is 5.68. The predicted octanol–water partition coefficient (Wildman–Crippen LogP) is 3.42. The van der Waals surface area contributed by atoms with Crippen LogP contribution < -0.4 is 5.32 Å². The van der Waals surface area contributed by atoms with Crippen molar-refractivity contribution in [3.8, 4) is 0 Å². The summed E-state index contributed by atoms with van der Waals surface area (Å²) in [5.41, 5.74) is 0.925. The van der Waals surface area contributed by atoms with Crippen LogP contribution in [0.15, 0.2) is 18.2 Å². The molecule has 1 aromatic rings. The molecule has 0 radical (unpaired) electrons. The zero-order valence-corrected chi connectivity index (χ0v) is 11.9. The highest BCUT2D eigenvalue weighted by Crippen LogP contribution is 2.17. The average molecular weight is 274 g/mol. The van der Waals surface area contributed by atoms with Gasteiger partial charge in [0, 0.05) is 12.6 Å². The Morgan fingerprint density at radius 3 is 2.67 bits per heavy atom. The Morgan fingerprint density at radius 2 is 2.11 bits per heavy atom. The van der Waals surface area contributed by atoms with Gasteiger partial charge in [-0.1, -0.05) is 24.6 Å². The van der Waals surface area contributed by atoms with Crippen LogP contribution >= 0.6 is 11.6 Å². The van der Waals surface area contributed by atoms with Gasteiger partial charge >= 0.3 is 0 Å². The van der Waals surface area contributed by atoms with Crippen LogP contribution in [0.1, 0.15) is 26.3 Å². The first-order chi connectivity index (χ1) is 8.58. The largest absolute Gasteiger partial charge is 0.377 e. The molecule has 0 saturated carbocycles. The van der Waals surface area contributed by atoms with Crippen LogP contribution in [-0.2, 0) is 11.2 Å². The molecule has 1 aromatic carbocycles. The number of hydrogen-bond donors (Lipinski definition) is 1. The van der Waals surface area contributed by atoms with Crippen molar-refractivity contribution in [3.05, 3.63) is 34.6 Å². The van der Waals surface area contributed by atoms with Crippen molar-refractivity contribution in [2.45, 2.75) is 39.3 Å². The van der Waals surface area contributed by atoms with Gasteiger partial charge in [-0.15, -0.1) is 0 Å². The minimum absolute atomic E-state index is 0.0914. The second-order valence-corrected chi connectivity index (χ2v) is 4.68. The number of hydrogen-bond acceptors (Lipinski definition) is 2. The fourth-order valence-electron chi connectivity index (χ4n) is 1.97. The molecule has 0 bridgehead atoms. The van der Waals surface area contributed by atoms with Crippen LogP contribution in [-0.4, -0.2) is 25.3 Å². The fraction of sp³-hybridized carbons (Fsp3) is 0.571. The summed E-state index contributed by atoms with van der Waals surface area (Å²) in [6, 6.07) is 5.12. The van der Waals surface area contributed by atoms with Crippen molar-refractivity contribution in [2.75, 3.05) is 13.2 Å². The van der Waals surface area contributed by atoms with Crippen LogP contribution in [0, 0.1) is 5.82 Å². The van der Waals surface area contributed by atoms with Gasteiger partial charge in [-0.3, -0.25) is 0 Å². The van der Waals surface area contributed by atoms with Crippen LogP contribution in [0.2, 0.25) is 5.02 Å². The maximum atomic E-state index is 13.4. The molecular weight excluding hydrogens is 253 g/mol. The van der Waals surface area contributed by atoms with Crippen LogP contribution in [0.4, 0.5) is 4.39 Å². The molecule has 0 aliphatic carbocycles. The molecule has 2 atom stereocenters. The summed E-state index contributed by atoms with van der Waals surface area (Å²) in [6.45, 7) is 7.59. The normalized spacial score (nSPS) is 14.5. The quantitative estimate of drug-likeness (QED) is 0.822. The lowest BCUT2D eigenvalue weighted by atomic mass is 10.0. The second kappa shape index (κ2) is 7.72. The number of benzene rings is 1. The molecule has 0 aliphatic heterocycles. The minimum Gasteiger partial charge on any atom is -0.377 e. The fourth-order valence-corrected chi connectivity index (χ4v) is 2.08. The number of halogens is 2. The highest BCUT2D eigenvalue weighted by molar-refractivity contribution is 6.30. The monoisotopic (exact) mass is 273 g/mol. The summed E-state index contributed by atoms with van der Waals surface area (Å²) in [6.07, 6.45) is 0.817. The van der Waals surface area contributed by atoms with E-state index in [9.17, 15) is 4.39 Å². The van der Waals surface area contributed by atoms with Gasteiger partial charge in [-0.25, -0.2) is 4.39 Å². The molecule has 0 fully saturated rings. The molecule has 2 unspecified atom stereocenters. The Kier molecular flexibility index (Phi) is 6.61. The van der Waals surface area contributed by atoms with Crippen molar-refractivity contribution in [3.63, 3.8) is 0 Å². The van der Waals surface area contributed by atoms with Gasteiger partial charge < -0.3 is 10.1 Å². The van der Waals surface area contributed by atoms with Gasteiger partial charge in [0.15, 0.2) is 0 Å². The van der Waals surface area contributed by atoms with Crippen molar-refractivity contribution in [1.82, 2.24) is 5.32 Å². The van der Waals surface area contributed by atoms with Gasteiger partial charge in [-0.05, 0) is 44.5 Å². The van der Waals surface area contributed by atoms with E-state index in [-0.39, 0.29) is 23.0 Å². The lowest BCUT2D eigenvalue weighted by Gasteiger charge is -2.24. The Morgan fingerprint density at radius 1 is 1.39 bits per heavy atom. The molecule has 2 nitrogen and oxygen atoms in total. The first-order valence-corrected chi connectivity index (χ1v) is 6.75. The van der Waals surface area contributed by atoms with Crippen LogP contribution in [0.25, 0.3) is 0 Å². The third kappa shape index (κ3) is 4.56. The van der Waals surface area contributed by atoms with Gasteiger partial charge in [0.25, 0.3) is 0 Å². The summed E-state index contributed by atoms with van der Waals surface area (Å²) in [4.78, 5) is 0. The zero-order chi connectivity index (χ0) is 13.5. The topological polar surface area (TPSA) is 21.3 Å². The maximum Gasteiger partial charge on any atom is 0.142 e. The van der Waals surface area contributed by atoms with E-state index in [2.05, 4.69) is 5.32 Å². The van der Waals surface area contributed by atoms with Crippen molar-refractivity contribution in [1.29, 1.82) is 0 Å². The van der Waals surface area contributed by atoms with Gasteiger partial charge in [-0.2, -0.15) is 0 Å². The lowest BCUT2D eigenvalue weighted by Crippen LogP contribution is -2.41. The lowest BCUT2D eigenvalue weighted by molar-refractivity contribution is 0.0480. The molecule has 4 heteroatoms. The third-order valence-corrected chi connectivity index (χ3v) is 3.21. The molecule has 0 spiro atoms. The molecule has 1 rings (SSSR count). The number of rotatable bonds is 7. The molecule has 0 aromatic heterocycles. The van der Waals surface area contributed by atoms with Crippen molar-refractivity contribution >= 4 is 11.6 Å². The van der Waals surface area contributed by atoms with E-state index in [1.165, 1.54) is 6.07 Å². The smallest absolute Gasteiger partial charge is 0.142 e. The van der Waals surface area contributed by atoms with E-state index < -0.39 is 0 Å². The highest BCUT2D eigenvalue weighted by atomic mass is 35.5. The van der Waals surface area contributed by atoms with E-state index in [1.807, 2.05) is 26.8 Å². The molecule has 0 amide bonds. The number of nitrogens with one attached hydrogen (secondary N) is 1. The van der Waals surface area contributed by atoms with Crippen LogP contribution in [0.3, 0.4) is 0 Å². The SMILES string of the molecule is CCNC(Cc1ccc(Cl)c(F)c1)C(C)OCC. The minimum atomic E-state index is -0.367. The van der Waals surface area contributed by atoms with E-state index in [4.69, 9.17) is 16.3 Å². The summed E-state index contributed by atoms with van der Waals surface area (Å²) in [7, 11) is 0. The van der Waals surface area contributed by atoms with Crippen molar-refractivity contribution < 1.29 is 9.13 Å². The highest BCUT2D eigenvalue weighted by Gasteiger charge is 2.17. The zero-order valence-electron chi connectivity index (χ0n) is 11.2. The first-order valence-electron chi connectivity index (χ1n) is 6.37.